The smallest absolute Gasteiger partial charge is 0.162 e. The zero-order valence-electron chi connectivity index (χ0n) is 9.65. The molecule has 0 radical (unpaired) electrons. The molecule has 0 unspecified atom stereocenters. The van der Waals surface area contributed by atoms with Crippen molar-refractivity contribution in [3.8, 4) is 0 Å². The fourth-order valence-corrected chi connectivity index (χ4v) is 2.82. The van der Waals surface area contributed by atoms with E-state index in [0.29, 0.717) is 18.4 Å². The van der Waals surface area contributed by atoms with Crippen LogP contribution in [0.2, 0.25) is 0 Å². The molecule has 94 valence electrons. The lowest BCUT2D eigenvalue weighted by atomic mass is 10.1. The van der Waals surface area contributed by atoms with Crippen molar-refractivity contribution in [2.45, 2.75) is 19.8 Å². The van der Waals surface area contributed by atoms with Crippen molar-refractivity contribution in [2.75, 3.05) is 11.5 Å². The highest BCUT2D eigenvalue weighted by Gasteiger charge is 2.10. The molecule has 17 heavy (non-hydrogen) atoms. The molecule has 0 spiro atoms. The summed E-state index contributed by atoms with van der Waals surface area (Å²) in [7, 11) is -2.96. The molecule has 0 atom stereocenters. The average molecular weight is 366 g/mol. The topological polar surface area (TPSA) is 51.2 Å². The van der Waals surface area contributed by atoms with E-state index in [1.807, 2.05) is 18.2 Å². The van der Waals surface area contributed by atoms with E-state index in [-0.39, 0.29) is 17.3 Å². The molecule has 0 aliphatic heterocycles. The molecule has 3 nitrogen and oxygen atoms in total. The summed E-state index contributed by atoms with van der Waals surface area (Å²) in [5.41, 5.74) is 0.658. The Bertz CT molecular complexity index is 494. The van der Waals surface area contributed by atoms with Crippen molar-refractivity contribution in [3.63, 3.8) is 0 Å². The van der Waals surface area contributed by atoms with E-state index < -0.39 is 9.84 Å². The van der Waals surface area contributed by atoms with Crippen LogP contribution in [0.25, 0.3) is 0 Å². The zero-order chi connectivity index (χ0) is 12.9. The lowest BCUT2D eigenvalue weighted by molar-refractivity contribution is 0.0982. The molecule has 0 aliphatic rings. The van der Waals surface area contributed by atoms with Crippen LogP contribution in [0.5, 0.6) is 0 Å². The highest BCUT2D eigenvalue weighted by molar-refractivity contribution is 14.1. The first-order valence-corrected chi connectivity index (χ1v) is 8.34. The lowest BCUT2D eigenvalue weighted by Crippen LogP contribution is -2.10. The Balaban J connectivity index is 2.51. The van der Waals surface area contributed by atoms with Crippen LogP contribution >= 0.6 is 22.6 Å². The van der Waals surface area contributed by atoms with Crippen LogP contribution in [-0.2, 0) is 9.84 Å². The Hall–Kier alpha value is -0.430. The highest BCUT2D eigenvalue weighted by atomic mass is 127. The Morgan fingerprint density at radius 1 is 1.35 bits per heavy atom. The van der Waals surface area contributed by atoms with Crippen molar-refractivity contribution in [1.82, 2.24) is 0 Å². The number of rotatable bonds is 6. The Kier molecular flexibility index (Phi) is 5.58. The predicted molar refractivity (Wildman–Crippen MR) is 77.1 cm³/mol. The number of sulfone groups is 1. The molecule has 0 saturated heterocycles. The van der Waals surface area contributed by atoms with Crippen molar-refractivity contribution in [3.05, 3.63) is 33.4 Å². The molecule has 0 N–H and O–H groups in total. The molecule has 0 fully saturated rings. The van der Waals surface area contributed by atoms with Gasteiger partial charge < -0.3 is 0 Å². The quantitative estimate of drug-likeness (QED) is 0.575. The van der Waals surface area contributed by atoms with E-state index in [2.05, 4.69) is 22.6 Å². The van der Waals surface area contributed by atoms with Crippen LogP contribution in [0, 0.1) is 3.57 Å². The van der Waals surface area contributed by atoms with E-state index in [4.69, 9.17) is 0 Å². The number of carbonyl (C=O) groups is 1. The Morgan fingerprint density at radius 2 is 2.06 bits per heavy atom. The van der Waals surface area contributed by atoms with Crippen LogP contribution in [0.4, 0.5) is 0 Å². The van der Waals surface area contributed by atoms with Crippen molar-refractivity contribution in [2.24, 2.45) is 0 Å². The van der Waals surface area contributed by atoms with Gasteiger partial charge in [-0.25, -0.2) is 8.42 Å². The van der Waals surface area contributed by atoms with Gasteiger partial charge in [-0.1, -0.05) is 19.1 Å². The van der Waals surface area contributed by atoms with Crippen LogP contribution < -0.4 is 0 Å². The van der Waals surface area contributed by atoms with Gasteiger partial charge in [0.1, 0.15) is 9.84 Å². The van der Waals surface area contributed by atoms with Crippen molar-refractivity contribution >= 4 is 38.2 Å². The standard InChI is InChI=1S/C12H15IO3S/c1-2-17(15,16)8-4-7-12(14)10-5-3-6-11(13)9-10/h3,5-6,9H,2,4,7-8H2,1H3. The molecule has 0 saturated carbocycles. The van der Waals surface area contributed by atoms with Gasteiger partial charge in [-0.2, -0.15) is 0 Å². The lowest BCUT2D eigenvalue weighted by Gasteiger charge is -2.02. The third-order valence-corrected chi connectivity index (χ3v) is 4.91. The number of hydrogen-bond donors (Lipinski definition) is 0. The molecule has 0 aliphatic carbocycles. The minimum Gasteiger partial charge on any atom is -0.294 e. The minimum absolute atomic E-state index is 0.00909. The summed E-state index contributed by atoms with van der Waals surface area (Å²) in [6.07, 6.45) is 0.694. The maximum Gasteiger partial charge on any atom is 0.162 e. The third-order valence-electron chi connectivity index (χ3n) is 2.45. The van der Waals surface area contributed by atoms with Gasteiger partial charge in [0.2, 0.25) is 0 Å². The number of Topliss-reactive ketones (excluding diaryl/α,β-unsaturated/α-hetero) is 1. The number of ketones is 1. The summed E-state index contributed by atoms with van der Waals surface area (Å²) in [5, 5.41) is 0. The largest absolute Gasteiger partial charge is 0.294 e. The fraction of sp³-hybridized carbons (Fsp3) is 0.417. The van der Waals surface area contributed by atoms with Gasteiger partial charge in [0.05, 0.1) is 5.75 Å². The summed E-state index contributed by atoms with van der Waals surface area (Å²) < 4.78 is 23.5. The van der Waals surface area contributed by atoms with Crippen LogP contribution in [0.3, 0.4) is 0 Å². The van der Waals surface area contributed by atoms with Gasteiger partial charge in [0.15, 0.2) is 5.78 Å². The fourth-order valence-electron chi connectivity index (χ4n) is 1.40. The average Bonchev–Trinajstić information content (AvgIpc) is 2.28. The molecule has 1 aromatic carbocycles. The molecule has 5 heteroatoms. The van der Waals surface area contributed by atoms with E-state index in [1.165, 1.54) is 0 Å². The van der Waals surface area contributed by atoms with Gasteiger partial charge in [0, 0.05) is 21.3 Å². The molecular weight excluding hydrogens is 351 g/mol. The number of carbonyl (C=O) groups excluding carboxylic acids is 1. The van der Waals surface area contributed by atoms with Crippen molar-refractivity contribution < 1.29 is 13.2 Å². The monoisotopic (exact) mass is 366 g/mol. The van der Waals surface area contributed by atoms with Crippen LogP contribution in [0.15, 0.2) is 24.3 Å². The summed E-state index contributed by atoms with van der Waals surface area (Å²) in [4.78, 5) is 11.8. The second kappa shape index (κ2) is 6.49. The first kappa shape index (κ1) is 14.6. The van der Waals surface area contributed by atoms with E-state index in [9.17, 15) is 13.2 Å². The summed E-state index contributed by atoms with van der Waals surface area (Å²) in [6, 6.07) is 7.33. The second-order valence-corrected chi connectivity index (χ2v) is 7.49. The van der Waals surface area contributed by atoms with Gasteiger partial charge in [-0.3, -0.25) is 4.79 Å². The molecule has 1 aromatic rings. The summed E-state index contributed by atoms with van der Waals surface area (Å²) in [6.45, 7) is 1.62. The van der Waals surface area contributed by atoms with E-state index in [1.54, 1.807) is 13.0 Å². The maximum atomic E-state index is 11.8. The number of hydrogen-bond acceptors (Lipinski definition) is 3. The SMILES string of the molecule is CCS(=O)(=O)CCCC(=O)c1cccc(I)c1. The summed E-state index contributed by atoms with van der Waals surface area (Å²) >= 11 is 2.15. The second-order valence-electron chi connectivity index (χ2n) is 3.77. The Morgan fingerprint density at radius 3 is 2.65 bits per heavy atom. The minimum atomic E-state index is -2.96. The van der Waals surface area contributed by atoms with E-state index >= 15 is 0 Å². The molecule has 0 amide bonds. The van der Waals surface area contributed by atoms with Crippen molar-refractivity contribution in [1.29, 1.82) is 0 Å². The maximum absolute atomic E-state index is 11.8. The number of benzene rings is 1. The zero-order valence-corrected chi connectivity index (χ0v) is 12.6. The normalized spacial score (nSPS) is 11.4. The van der Waals surface area contributed by atoms with Gasteiger partial charge in [0.25, 0.3) is 0 Å². The molecule has 0 heterocycles. The molecule has 1 rings (SSSR count). The third kappa shape index (κ3) is 5.16. The number of halogens is 1. The van der Waals surface area contributed by atoms with Gasteiger partial charge in [-0.05, 0) is 41.1 Å². The first-order chi connectivity index (χ1) is 7.94. The van der Waals surface area contributed by atoms with Crippen LogP contribution in [0.1, 0.15) is 30.1 Å². The van der Waals surface area contributed by atoms with Gasteiger partial charge >= 0.3 is 0 Å². The first-order valence-electron chi connectivity index (χ1n) is 5.44. The molecule has 0 aromatic heterocycles. The Labute approximate surface area is 116 Å². The molecular formula is C12H15IO3S. The highest BCUT2D eigenvalue weighted by Crippen LogP contribution is 2.11. The van der Waals surface area contributed by atoms with Gasteiger partial charge in [-0.15, -0.1) is 0 Å². The summed E-state index contributed by atoms with van der Waals surface area (Å²) in [5.74, 6) is 0.249. The van der Waals surface area contributed by atoms with Crippen LogP contribution in [-0.4, -0.2) is 25.7 Å². The molecule has 0 bridgehead atoms. The predicted octanol–water partition coefficient (Wildman–Crippen LogP) is 2.69. The van der Waals surface area contributed by atoms with E-state index in [0.717, 1.165) is 3.57 Å².